The lowest BCUT2D eigenvalue weighted by molar-refractivity contribution is 0.267. The normalized spacial score (nSPS) is 17.4. The largest absolute Gasteiger partial charge is 0.357 e. The van der Waals surface area contributed by atoms with E-state index < -0.39 is 0 Å². The van der Waals surface area contributed by atoms with Gasteiger partial charge in [-0.3, -0.25) is 4.90 Å². The molecular weight excluding hydrogens is 491 g/mol. The molecule has 7 nitrogen and oxygen atoms in total. The van der Waals surface area contributed by atoms with Gasteiger partial charge in [-0.15, -0.1) is 24.0 Å². The first-order valence-electron chi connectivity index (χ1n) is 9.54. The lowest BCUT2D eigenvalue weighted by atomic mass is 10.2. The molecule has 2 aromatic rings. The summed E-state index contributed by atoms with van der Waals surface area (Å²) >= 11 is 6.02. The number of likely N-dealkylation sites (N-methyl/N-ethyl adjacent to an activating group) is 1. The summed E-state index contributed by atoms with van der Waals surface area (Å²) in [5, 5.41) is 11.4. The van der Waals surface area contributed by atoms with E-state index in [0.29, 0.717) is 29.3 Å². The van der Waals surface area contributed by atoms with Crippen LogP contribution in [0.1, 0.15) is 32.6 Å². The number of guanidine groups is 1. The van der Waals surface area contributed by atoms with Crippen molar-refractivity contribution in [2.75, 3.05) is 26.2 Å². The van der Waals surface area contributed by atoms with Crippen LogP contribution in [0.4, 0.5) is 0 Å². The van der Waals surface area contributed by atoms with Crippen LogP contribution >= 0.6 is 35.6 Å². The maximum atomic E-state index is 6.02. The Morgan fingerprint density at radius 1 is 1.36 bits per heavy atom. The molecule has 1 unspecified atom stereocenters. The highest BCUT2D eigenvalue weighted by atomic mass is 127. The Bertz CT molecular complexity index is 768. The Morgan fingerprint density at radius 2 is 2.21 bits per heavy atom. The van der Waals surface area contributed by atoms with Crippen molar-refractivity contribution >= 4 is 41.5 Å². The number of aromatic nitrogens is 2. The average molecular weight is 519 g/mol. The Morgan fingerprint density at radius 3 is 2.96 bits per heavy atom. The fourth-order valence-electron chi connectivity index (χ4n) is 3.31. The molecule has 0 amide bonds. The number of hydrogen-bond donors (Lipinski definition) is 2. The highest BCUT2D eigenvalue weighted by molar-refractivity contribution is 14.0. The summed E-state index contributed by atoms with van der Waals surface area (Å²) in [6.45, 7) is 8.55. The van der Waals surface area contributed by atoms with Gasteiger partial charge in [0.2, 0.25) is 11.7 Å². The summed E-state index contributed by atoms with van der Waals surface area (Å²) in [7, 11) is 0. The van der Waals surface area contributed by atoms with E-state index in [1.807, 2.05) is 24.3 Å². The highest BCUT2D eigenvalue weighted by Crippen LogP contribution is 2.20. The quantitative estimate of drug-likeness (QED) is 0.332. The summed E-state index contributed by atoms with van der Waals surface area (Å²) in [4.78, 5) is 11.5. The van der Waals surface area contributed by atoms with E-state index in [1.54, 1.807) is 0 Å². The highest BCUT2D eigenvalue weighted by Gasteiger charge is 2.22. The van der Waals surface area contributed by atoms with Crippen molar-refractivity contribution in [3.8, 4) is 11.4 Å². The number of nitrogens with one attached hydrogen (secondary N) is 2. The smallest absolute Gasteiger partial charge is 0.248 e. The minimum Gasteiger partial charge on any atom is -0.357 e. The number of likely N-dealkylation sites (tertiary alicyclic amines) is 1. The summed E-state index contributed by atoms with van der Waals surface area (Å²) in [5.74, 6) is 1.76. The average Bonchev–Trinajstić information content (AvgIpc) is 3.33. The number of rotatable bonds is 7. The molecule has 0 saturated carbocycles. The minimum absolute atomic E-state index is 0. The topological polar surface area (TPSA) is 78.6 Å². The molecule has 0 radical (unpaired) electrons. The Labute approximate surface area is 188 Å². The molecule has 0 spiro atoms. The fraction of sp³-hybridized carbons (Fsp3) is 0.526. The molecule has 0 bridgehead atoms. The van der Waals surface area contributed by atoms with Gasteiger partial charge in [0.1, 0.15) is 6.54 Å². The van der Waals surface area contributed by atoms with E-state index in [9.17, 15) is 0 Å². The zero-order valence-corrected chi connectivity index (χ0v) is 19.4. The molecular formula is C19H28ClIN6O. The van der Waals surface area contributed by atoms with Gasteiger partial charge >= 0.3 is 0 Å². The van der Waals surface area contributed by atoms with Gasteiger partial charge < -0.3 is 15.2 Å². The number of aliphatic imine (C=N–C) groups is 1. The number of hydrogen-bond acceptors (Lipinski definition) is 5. The monoisotopic (exact) mass is 518 g/mol. The van der Waals surface area contributed by atoms with Crippen LogP contribution in [-0.2, 0) is 6.54 Å². The van der Waals surface area contributed by atoms with E-state index in [4.69, 9.17) is 16.1 Å². The number of halogens is 2. The molecule has 1 saturated heterocycles. The van der Waals surface area contributed by atoms with Crippen LogP contribution in [-0.4, -0.2) is 53.2 Å². The predicted molar refractivity (Wildman–Crippen MR) is 123 cm³/mol. The minimum atomic E-state index is 0. The molecule has 1 aliphatic heterocycles. The molecule has 0 aliphatic carbocycles. The second-order valence-corrected chi connectivity index (χ2v) is 6.96. The molecule has 1 atom stereocenters. The maximum Gasteiger partial charge on any atom is 0.248 e. The van der Waals surface area contributed by atoms with E-state index >= 15 is 0 Å². The molecule has 28 heavy (non-hydrogen) atoms. The van der Waals surface area contributed by atoms with Crippen LogP contribution in [0.15, 0.2) is 33.8 Å². The molecule has 1 aromatic heterocycles. The number of benzene rings is 1. The first-order valence-corrected chi connectivity index (χ1v) is 9.92. The first kappa shape index (κ1) is 22.9. The third-order valence-electron chi connectivity index (χ3n) is 4.68. The third-order valence-corrected chi connectivity index (χ3v) is 4.91. The van der Waals surface area contributed by atoms with Gasteiger partial charge in [0.15, 0.2) is 5.96 Å². The molecule has 1 aromatic carbocycles. The van der Waals surface area contributed by atoms with Gasteiger partial charge in [-0.05, 0) is 45.0 Å². The Kier molecular flexibility index (Phi) is 9.46. The van der Waals surface area contributed by atoms with Gasteiger partial charge in [-0.25, -0.2) is 4.99 Å². The summed E-state index contributed by atoms with van der Waals surface area (Å²) in [5.41, 5.74) is 0.826. The van der Waals surface area contributed by atoms with E-state index in [0.717, 1.165) is 31.2 Å². The van der Waals surface area contributed by atoms with Gasteiger partial charge in [0, 0.05) is 29.7 Å². The Hall–Kier alpha value is -1.39. The molecule has 2 N–H and O–H groups in total. The molecule has 9 heteroatoms. The first-order chi connectivity index (χ1) is 13.2. The SMILES string of the molecule is CCNC(=NCc1nc(-c2cccc(Cl)c2)no1)NCC1CCCN1CC.I. The van der Waals surface area contributed by atoms with Crippen molar-refractivity contribution in [1.82, 2.24) is 25.7 Å². The van der Waals surface area contributed by atoms with Crippen LogP contribution < -0.4 is 10.6 Å². The van der Waals surface area contributed by atoms with Crippen molar-refractivity contribution in [3.63, 3.8) is 0 Å². The second kappa shape index (κ2) is 11.6. The molecule has 3 rings (SSSR count). The second-order valence-electron chi connectivity index (χ2n) is 6.52. The summed E-state index contributed by atoms with van der Waals surface area (Å²) < 4.78 is 5.32. The fourth-order valence-corrected chi connectivity index (χ4v) is 3.50. The zero-order valence-electron chi connectivity index (χ0n) is 16.3. The van der Waals surface area contributed by atoms with E-state index in [2.05, 4.69) is 44.5 Å². The van der Waals surface area contributed by atoms with Crippen molar-refractivity contribution in [2.45, 2.75) is 39.3 Å². The van der Waals surface area contributed by atoms with E-state index in [1.165, 1.54) is 19.4 Å². The Balaban J connectivity index is 0.00000280. The van der Waals surface area contributed by atoms with E-state index in [-0.39, 0.29) is 24.0 Å². The van der Waals surface area contributed by atoms with Gasteiger partial charge in [0.25, 0.3) is 0 Å². The molecule has 154 valence electrons. The van der Waals surface area contributed by atoms with Crippen LogP contribution in [0.3, 0.4) is 0 Å². The maximum absolute atomic E-state index is 6.02. The van der Waals surface area contributed by atoms with Crippen molar-refractivity contribution in [1.29, 1.82) is 0 Å². The predicted octanol–water partition coefficient (Wildman–Crippen LogP) is 3.55. The standard InChI is InChI=1S/C19H27ClN6O.HI/c1-3-21-19(22-12-16-9-6-10-26(16)4-2)23-13-17-24-18(25-27-17)14-7-5-8-15(20)11-14;/h5,7-8,11,16H,3-4,6,9-10,12-13H2,1-2H3,(H2,21,22,23);1H. The third kappa shape index (κ3) is 6.31. The summed E-state index contributed by atoms with van der Waals surface area (Å²) in [6, 6.07) is 7.95. The van der Waals surface area contributed by atoms with Gasteiger partial charge in [-0.1, -0.05) is 35.8 Å². The lowest BCUT2D eigenvalue weighted by Crippen LogP contribution is -2.44. The van der Waals surface area contributed by atoms with Crippen LogP contribution in [0.5, 0.6) is 0 Å². The van der Waals surface area contributed by atoms with Crippen LogP contribution in [0.25, 0.3) is 11.4 Å². The van der Waals surface area contributed by atoms with Crippen LogP contribution in [0.2, 0.25) is 5.02 Å². The zero-order chi connectivity index (χ0) is 19.1. The molecule has 1 fully saturated rings. The lowest BCUT2D eigenvalue weighted by Gasteiger charge is -2.23. The van der Waals surface area contributed by atoms with Crippen molar-refractivity contribution < 1.29 is 4.52 Å². The van der Waals surface area contributed by atoms with Gasteiger partial charge in [-0.2, -0.15) is 4.98 Å². The number of nitrogens with zero attached hydrogens (tertiary/aromatic N) is 4. The summed E-state index contributed by atoms with van der Waals surface area (Å²) in [6.07, 6.45) is 2.50. The van der Waals surface area contributed by atoms with Gasteiger partial charge in [0.05, 0.1) is 0 Å². The van der Waals surface area contributed by atoms with Crippen molar-refractivity contribution in [2.24, 2.45) is 4.99 Å². The van der Waals surface area contributed by atoms with Crippen LogP contribution in [0, 0.1) is 0 Å². The molecule has 2 heterocycles. The molecule has 1 aliphatic rings. The van der Waals surface area contributed by atoms with Crippen molar-refractivity contribution in [3.05, 3.63) is 35.2 Å².